The molecule has 0 spiro atoms. The van der Waals surface area contributed by atoms with E-state index in [4.69, 9.17) is 0 Å². The summed E-state index contributed by atoms with van der Waals surface area (Å²) < 4.78 is 0. The fraction of sp³-hybridized carbons (Fsp3) is 0.933. The van der Waals surface area contributed by atoms with Gasteiger partial charge >= 0.3 is 0 Å². The standard InChI is InChI=1S/C15H27NO/c1-5-14-6-8-15(11-14,9-7-14)16-12(17)10-13(2,3)4/h5-11H2,1-4H3,(H,16,17). The van der Waals surface area contributed by atoms with Crippen LogP contribution >= 0.6 is 0 Å². The van der Waals surface area contributed by atoms with Gasteiger partial charge in [0.1, 0.15) is 0 Å². The zero-order chi connectivity index (χ0) is 12.7. The Bertz CT molecular complexity index is 305. The maximum atomic E-state index is 12.1. The van der Waals surface area contributed by atoms with Gasteiger partial charge in [-0.15, -0.1) is 0 Å². The van der Waals surface area contributed by atoms with Crippen molar-refractivity contribution in [1.29, 1.82) is 0 Å². The van der Waals surface area contributed by atoms with Gasteiger partial charge in [-0.25, -0.2) is 0 Å². The van der Waals surface area contributed by atoms with E-state index in [2.05, 4.69) is 33.0 Å². The largest absolute Gasteiger partial charge is 0.351 e. The van der Waals surface area contributed by atoms with Crippen LogP contribution in [-0.2, 0) is 4.79 Å². The molecule has 2 bridgehead atoms. The minimum Gasteiger partial charge on any atom is -0.351 e. The highest BCUT2D eigenvalue weighted by atomic mass is 16.1. The Balaban J connectivity index is 1.95. The molecule has 0 aromatic rings. The molecule has 1 amide bonds. The van der Waals surface area contributed by atoms with Gasteiger partial charge in [0.05, 0.1) is 0 Å². The molecule has 0 aromatic heterocycles. The van der Waals surface area contributed by atoms with Crippen molar-refractivity contribution in [3.8, 4) is 0 Å². The number of hydrogen-bond acceptors (Lipinski definition) is 1. The van der Waals surface area contributed by atoms with Gasteiger partial charge in [-0.05, 0) is 42.9 Å². The van der Waals surface area contributed by atoms with E-state index < -0.39 is 0 Å². The van der Waals surface area contributed by atoms with Gasteiger partial charge in [-0.1, -0.05) is 34.1 Å². The Morgan fingerprint density at radius 2 is 1.76 bits per heavy atom. The molecule has 2 nitrogen and oxygen atoms in total. The van der Waals surface area contributed by atoms with Crippen LogP contribution in [0.3, 0.4) is 0 Å². The third-order valence-electron chi connectivity index (χ3n) is 4.83. The van der Waals surface area contributed by atoms with E-state index in [1.54, 1.807) is 0 Å². The van der Waals surface area contributed by atoms with Crippen molar-refractivity contribution in [3.63, 3.8) is 0 Å². The molecule has 1 N–H and O–H groups in total. The Morgan fingerprint density at radius 3 is 2.18 bits per heavy atom. The van der Waals surface area contributed by atoms with Crippen LogP contribution < -0.4 is 5.32 Å². The summed E-state index contributed by atoms with van der Waals surface area (Å²) in [6.07, 6.45) is 8.20. The van der Waals surface area contributed by atoms with Gasteiger partial charge in [0.2, 0.25) is 5.91 Å². The molecule has 2 rings (SSSR count). The minimum absolute atomic E-state index is 0.0970. The van der Waals surface area contributed by atoms with Crippen molar-refractivity contribution in [2.75, 3.05) is 0 Å². The highest BCUT2D eigenvalue weighted by Crippen LogP contribution is 2.58. The van der Waals surface area contributed by atoms with E-state index in [1.807, 2.05) is 0 Å². The highest BCUT2D eigenvalue weighted by molar-refractivity contribution is 5.77. The molecule has 2 aliphatic carbocycles. The first-order chi connectivity index (χ1) is 7.78. The lowest BCUT2D eigenvalue weighted by Gasteiger charge is -2.30. The zero-order valence-electron chi connectivity index (χ0n) is 11.9. The monoisotopic (exact) mass is 237 g/mol. The van der Waals surface area contributed by atoms with Crippen molar-refractivity contribution in [1.82, 2.24) is 5.32 Å². The van der Waals surface area contributed by atoms with E-state index in [-0.39, 0.29) is 16.9 Å². The average molecular weight is 237 g/mol. The zero-order valence-corrected chi connectivity index (χ0v) is 11.9. The molecule has 0 aromatic carbocycles. The van der Waals surface area contributed by atoms with Crippen LogP contribution in [0.15, 0.2) is 0 Å². The molecule has 0 saturated heterocycles. The number of nitrogens with one attached hydrogen (secondary N) is 1. The van der Waals surface area contributed by atoms with Crippen LogP contribution in [0.2, 0.25) is 0 Å². The van der Waals surface area contributed by atoms with Gasteiger partial charge < -0.3 is 5.32 Å². The molecule has 2 saturated carbocycles. The average Bonchev–Trinajstić information content (AvgIpc) is 2.70. The van der Waals surface area contributed by atoms with Crippen molar-refractivity contribution in [3.05, 3.63) is 0 Å². The first-order valence-corrected chi connectivity index (χ1v) is 7.09. The molecule has 2 fully saturated rings. The Labute approximate surface area is 106 Å². The lowest BCUT2D eigenvalue weighted by molar-refractivity contribution is -0.124. The van der Waals surface area contributed by atoms with E-state index in [9.17, 15) is 4.79 Å². The van der Waals surface area contributed by atoms with E-state index in [0.29, 0.717) is 11.8 Å². The summed E-state index contributed by atoms with van der Waals surface area (Å²) in [4.78, 5) is 12.1. The van der Waals surface area contributed by atoms with Gasteiger partial charge in [-0.2, -0.15) is 0 Å². The van der Waals surface area contributed by atoms with Gasteiger partial charge in [-0.3, -0.25) is 4.79 Å². The lowest BCUT2D eigenvalue weighted by atomic mass is 9.82. The third kappa shape index (κ3) is 2.66. The fourth-order valence-electron chi connectivity index (χ4n) is 3.80. The molecule has 0 radical (unpaired) electrons. The van der Waals surface area contributed by atoms with Crippen molar-refractivity contribution in [2.24, 2.45) is 10.8 Å². The van der Waals surface area contributed by atoms with E-state index in [1.165, 1.54) is 38.5 Å². The maximum absolute atomic E-state index is 12.1. The molecule has 0 heterocycles. The summed E-state index contributed by atoms with van der Waals surface area (Å²) in [5.41, 5.74) is 0.827. The Morgan fingerprint density at radius 1 is 1.18 bits per heavy atom. The predicted molar refractivity (Wildman–Crippen MR) is 70.8 cm³/mol. The summed E-state index contributed by atoms with van der Waals surface area (Å²) in [6.45, 7) is 8.69. The summed E-state index contributed by atoms with van der Waals surface area (Å²) in [5, 5.41) is 3.36. The second kappa shape index (κ2) is 4.00. The van der Waals surface area contributed by atoms with Crippen LogP contribution in [-0.4, -0.2) is 11.4 Å². The fourth-order valence-corrected chi connectivity index (χ4v) is 3.80. The van der Waals surface area contributed by atoms with Crippen molar-refractivity contribution in [2.45, 2.75) is 78.2 Å². The lowest BCUT2D eigenvalue weighted by Crippen LogP contribution is -2.45. The minimum atomic E-state index is 0.0970. The second-order valence-corrected chi connectivity index (χ2v) is 7.60. The molecule has 0 atom stereocenters. The normalized spacial score (nSPS) is 36.2. The molecule has 0 aliphatic heterocycles. The van der Waals surface area contributed by atoms with Crippen LogP contribution in [0.5, 0.6) is 0 Å². The highest BCUT2D eigenvalue weighted by Gasteiger charge is 2.53. The topological polar surface area (TPSA) is 29.1 Å². The maximum Gasteiger partial charge on any atom is 0.220 e. The molecule has 98 valence electrons. The van der Waals surface area contributed by atoms with Gasteiger partial charge in [0, 0.05) is 12.0 Å². The molecule has 17 heavy (non-hydrogen) atoms. The van der Waals surface area contributed by atoms with Crippen LogP contribution in [0.1, 0.15) is 72.6 Å². The number of amides is 1. The van der Waals surface area contributed by atoms with Crippen LogP contribution in [0, 0.1) is 10.8 Å². The summed E-state index contributed by atoms with van der Waals surface area (Å²) in [7, 11) is 0. The summed E-state index contributed by atoms with van der Waals surface area (Å²) in [6, 6.07) is 0. The number of fused-ring (bicyclic) bond motifs is 2. The molecule has 0 unspecified atom stereocenters. The first-order valence-electron chi connectivity index (χ1n) is 7.09. The number of rotatable bonds is 3. The number of hydrogen-bond donors (Lipinski definition) is 1. The molecule has 2 heteroatoms. The van der Waals surface area contributed by atoms with Crippen LogP contribution in [0.4, 0.5) is 0 Å². The summed E-state index contributed by atoms with van der Waals surface area (Å²) in [5.74, 6) is 0.256. The SMILES string of the molecule is CCC12CCC(NC(=O)CC(C)(C)C)(CC1)C2. The number of carbonyl (C=O) groups excluding carboxylic acids is 1. The van der Waals surface area contributed by atoms with Gasteiger partial charge in [0.25, 0.3) is 0 Å². The predicted octanol–water partition coefficient (Wildman–Crippen LogP) is 3.65. The molecular formula is C15H27NO. The van der Waals surface area contributed by atoms with Gasteiger partial charge in [0.15, 0.2) is 0 Å². The first kappa shape index (κ1) is 12.9. The smallest absolute Gasteiger partial charge is 0.220 e. The van der Waals surface area contributed by atoms with Crippen LogP contribution in [0.25, 0.3) is 0 Å². The van der Waals surface area contributed by atoms with Crippen molar-refractivity contribution < 1.29 is 4.79 Å². The molecule has 2 aliphatic rings. The van der Waals surface area contributed by atoms with E-state index >= 15 is 0 Å². The Hall–Kier alpha value is -0.530. The molecular weight excluding hydrogens is 210 g/mol. The number of carbonyl (C=O) groups is 1. The summed E-state index contributed by atoms with van der Waals surface area (Å²) >= 11 is 0. The second-order valence-electron chi connectivity index (χ2n) is 7.60. The van der Waals surface area contributed by atoms with Crippen molar-refractivity contribution >= 4 is 5.91 Å². The Kier molecular flexibility index (Phi) is 3.04. The third-order valence-corrected chi connectivity index (χ3v) is 4.83. The van der Waals surface area contributed by atoms with E-state index in [0.717, 1.165) is 0 Å². The quantitative estimate of drug-likeness (QED) is 0.797.